The number of nitrogen functional groups attached to an aromatic ring is 2. The zero-order chi connectivity index (χ0) is 16.8. The maximum atomic E-state index is 12.4. The second-order valence-electron chi connectivity index (χ2n) is 5.61. The number of amides is 1. The number of carbonyl (C=O) groups excluding carboxylic acids is 1. The van der Waals surface area contributed by atoms with Crippen molar-refractivity contribution < 1.29 is 9.21 Å². The molecule has 8 heteroatoms. The van der Waals surface area contributed by atoms with Crippen molar-refractivity contribution in [3.8, 4) is 17.4 Å². The van der Waals surface area contributed by atoms with E-state index < -0.39 is 0 Å². The number of anilines is 2. The zero-order valence-electron chi connectivity index (χ0n) is 12.5. The van der Waals surface area contributed by atoms with E-state index in [4.69, 9.17) is 15.9 Å². The van der Waals surface area contributed by atoms with Crippen LogP contribution >= 0.6 is 11.3 Å². The molecule has 24 heavy (non-hydrogen) atoms. The molecule has 1 saturated carbocycles. The Balaban J connectivity index is 1.98. The molecule has 3 heterocycles. The van der Waals surface area contributed by atoms with E-state index in [0.29, 0.717) is 32.1 Å². The van der Waals surface area contributed by atoms with Crippen molar-refractivity contribution in [1.82, 2.24) is 10.3 Å². The number of rotatable bonds is 3. The topological polar surface area (TPSA) is 131 Å². The number of carbonyl (C=O) groups is 1. The first kappa shape index (κ1) is 14.5. The van der Waals surface area contributed by atoms with Crippen molar-refractivity contribution >= 4 is 39.0 Å². The Labute approximate surface area is 140 Å². The van der Waals surface area contributed by atoms with Crippen LogP contribution in [0, 0.1) is 11.3 Å². The fourth-order valence-corrected chi connectivity index (χ4v) is 3.61. The van der Waals surface area contributed by atoms with Crippen LogP contribution in [0.5, 0.6) is 0 Å². The van der Waals surface area contributed by atoms with Gasteiger partial charge in [-0.05, 0) is 25.0 Å². The molecule has 7 nitrogen and oxygen atoms in total. The number of nitriles is 1. The highest BCUT2D eigenvalue weighted by atomic mass is 32.1. The summed E-state index contributed by atoms with van der Waals surface area (Å²) < 4.78 is 5.44. The number of aromatic nitrogens is 1. The lowest BCUT2D eigenvalue weighted by atomic mass is 10.0. The molecule has 1 aliphatic rings. The predicted molar refractivity (Wildman–Crippen MR) is 91.3 cm³/mol. The minimum Gasteiger partial charge on any atom is -0.464 e. The van der Waals surface area contributed by atoms with Gasteiger partial charge in [-0.25, -0.2) is 4.98 Å². The first-order valence-corrected chi connectivity index (χ1v) is 8.18. The Bertz CT molecular complexity index is 996. The lowest BCUT2D eigenvalue weighted by Crippen LogP contribution is -2.25. The van der Waals surface area contributed by atoms with Crippen LogP contribution in [0.4, 0.5) is 11.5 Å². The van der Waals surface area contributed by atoms with Crippen LogP contribution in [0.1, 0.15) is 28.1 Å². The number of nitrogens with two attached hydrogens (primary N) is 2. The molecule has 0 aliphatic heterocycles. The summed E-state index contributed by atoms with van der Waals surface area (Å²) in [4.78, 5) is 17.5. The van der Waals surface area contributed by atoms with E-state index in [1.54, 1.807) is 12.1 Å². The summed E-state index contributed by atoms with van der Waals surface area (Å²) in [6, 6.07) is 5.70. The van der Waals surface area contributed by atoms with E-state index in [2.05, 4.69) is 16.4 Å². The number of furan rings is 1. The number of thiophene rings is 1. The molecule has 1 fully saturated rings. The molecule has 1 amide bonds. The Morgan fingerprint density at radius 3 is 2.88 bits per heavy atom. The van der Waals surface area contributed by atoms with Crippen molar-refractivity contribution in [2.24, 2.45) is 0 Å². The fraction of sp³-hybridized carbons (Fsp3) is 0.188. The number of nitrogens with one attached hydrogen (secondary N) is 1. The summed E-state index contributed by atoms with van der Waals surface area (Å²) in [6.45, 7) is 0. The number of hydrogen-bond donors (Lipinski definition) is 3. The smallest absolute Gasteiger partial charge is 0.263 e. The molecule has 120 valence electrons. The number of nitrogens with zero attached hydrogens (tertiary/aromatic N) is 2. The minimum absolute atomic E-state index is 0.0896. The maximum absolute atomic E-state index is 12.4. The second kappa shape index (κ2) is 5.25. The first-order valence-electron chi connectivity index (χ1n) is 7.36. The summed E-state index contributed by atoms with van der Waals surface area (Å²) in [7, 11) is 0. The zero-order valence-corrected chi connectivity index (χ0v) is 13.3. The molecule has 3 aromatic rings. The maximum Gasteiger partial charge on any atom is 0.263 e. The molecule has 4 rings (SSSR count). The molecule has 5 N–H and O–H groups in total. The highest BCUT2D eigenvalue weighted by Crippen LogP contribution is 2.42. The van der Waals surface area contributed by atoms with Crippen LogP contribution in [0.15, 0.2) is 22.8 Å². The van der Waals surface area contributed by atoms with Gasteiger partial charge >= 0.3 is 0 Å². The quantitative estimate of drug-likeness (QED) is 0.672. The summed E-state index contributed by atoms with van der Waals surface area (Å²) >= 11 is 1.17. The SMILES string of the molecule is N#Cc1c(N)nc2sc(C(=O)NC3CC3)c(N)c2c1-c1ccco1. The molecule has 0 bridgehead atoms. The Kier molecular flexibility index (Phi) is 3.18. The highest BCUT2D eigenvalue weighted by molar-refractivity contribution is 7.21. The van der Waals surface area contributed by atoms with Crippen molar-refractivity contribution in [2.45, 2.75) is 18.9 Å². The Hall–Kier alpha value is -3.05. The van der Waals surface area contributed by atoms with Crippen LogP contribution < -0.4 is 16.8 Å². The van der Waals surface area contributed by atoms with Crippen LogP contribution in [0.2, 0.25) is 0 Å². The van der Waals surface area contributed by atoms with Crippen molar-refractivity contribution in [3.63, 3.8) is 0 Å². The highest BCUT2D eigenvalue weighted by Gasteiger charge is 2.28. The lowest BCUT2D eigenvalue weighted by Gasteiger charge is -2.06. The van der Waals surface area contributed by atoms with Gasteiger partial charge in [0, 0.05) is 11.4 Å². The molecule has 3 aromatic heterocycles. The van der Waals surface area contributed by atoms with Gasteiger partial charge < -0.3 is 21.2 Å². The molecule has 0 spiro atoms. The van der Waals surface area contributed by atoms with E-state index >= 15 is 0 Å². The number of pyridine rings is 1. The lowest BCUT2D eigenvalue weighted by molar-refractivity contribution is 0.0956. The van der Waals surface area contributed by atoms with Crippen molar-refractivity contribution in [3.05, 3.63) is 28.8 Å². The van der Waals surface area contributed by atoms with E-state index in [-0.39, 0.29) is 23.3 Å². The van der Waals surface area contributed by atoms with Gasteiger partial charge in [0.15, 0.2) is 0 Å². The number of hydrogen-bond acceptors (Lipinski definition) is 7. The third kappa shape index (κ3) is 2.18. The van der Waals surface area contributed by atoms with Gasteiger partial charge in [-0.1, -0.05) is 0 Å². The van der Waals surface area contributed by atoms with E-state index in [9.17, 15) is 10.1 Å². The van der Waals surface area contributed by atoms with Crippen LogP contribution in [-0.2, 0) is 0 Å². The van der Waals surface area contributed by atoms with Crippen LogP contribution in [0.3, 0.4) is 0 Å². The van der Waals surface area contributed by atoms with Crippen LogP contribution in [-0.4, -0.2) is 16.9 Å². The second-order valence-corrected chi connectivity index (χ2v) is 6.61. The molecule has 0 saturated heterocycles. The normalized spacial score (nSPS) is 13.8. The summed E-state index contributed by atoms with van der Waals surface area (Å²) in [5.41, 5.74) is 13.1. The predicted octanol–water partition coefficient (Wildman–Crippen LogP) is 2.48. The van der Waals surface area contributed by atoms with Gasteiger partial charge in [0.25, 0.3) is 5.91 Å². The van der Waals surface area contributed by atoms with Gasteiger partial charge in [-0.3, -0.25) is 4.79 Å². The van der Waals surface area contributed by atoms with Crippen LogP contribution in [0.25, 0.3) is 21.5 Å². The van der Waals surface area contributed by atoms with Gasteiger partial charge in [-0.2, -0.15) is 5.26 Å². The van der Waals surface area contributed by atoms with Gasteiger partial charge in [0.05, 0.1) is 17.5 Å². The average Bonchev–Trinajstić information content (AvgIpc) is 3.09. The number of fused-ring (bicyclic) bond motifs is 1. The summed E-state index contributed by atoms with van der Waals surface area (Å²) in [5, 5.41) is 12.9. The van der Waals surface area contributed by atoms with Crippen molar-refractivity contribution in [1.29, 1.82) is 5.26 Å². The minimum atomic E-state index is -0.222. The van der Waals surface area contributed by atoms with E-state index in [0.717, 1.165) is 12.8 Å². The van der Waals surface area contributed by atoms with E-state index in [1.807, 2.05) is 0 Å². The fourth-order valence-electron chi connectivity index (χ4n) is 2.60. The monoisotopic (exact) mass is 339 g/mol. The largest absolute Gasteiger partial charge is 0.464 e. The Morgan fingerprint density at radius 1 is 1.46 bits per heavy atom. The first-order chi connectivity index (χ1) is 11.6. The van der Waals surface area contributed by atoms with Gasteiger partial charge in [0.1, 0.15) is 32.9 Å². The third-order valence-corrected chi connectivity index (χ3v) is 5.00. The summed E-state index contributed by atoms with van der Waals surface area (Å²) in [6.07, 6.45) is 3.47. The van der Waals surface area contributed by atoms with E-state index in [1.165, 1.54) is 17.6 Å². The average molecular weight is 339 g/mol. The van der Waals surface area contributed by atoms with Gasteiger partial charge in [-0.15, -0.1) is 11.3 Å². The molecule has 0 atom stereocenters. The standard InChI is InChI=1S/C16H13N5O2S/c17-6-8-10(9-2-1-5-23-9)11-12(18)13(15(22)20-7-3-4-7)24-16(11)21-14(8)19/h1-2,5,7H,3-4,18H2,(H2,19,21)(H,20,22). The third-order valence-electron chi connectivity index (χ3n) is 3.90. The molecular weight excluding hydrogens is 326 g/mol. The van der Waals surface area contributed by atoms with Crippen molar-refractivity contribution in [2.75, 3.05) is 11.5 Å². The molecule has 0 unspecified atom stereocenters. The molecule has 0 aromatic carbocycles. The summed E-state index contributed by atoms with van der Waals surface area (Å²) in [5.74, 6) is 0.330. The molecule has 1 aliphatic carbocycles. The Morgan fingerprint density at radius 2 is 2.25 bits per heavy atom. The molecule has 0 radical (unpaired) electrons. The molecular formula is C16H13N5O2S. The van der Waals surface area contributed by atoms with Gasteiger partial charge in [0.2, 0.25) is 0 Å².